The largest absolute Gasteiger partial charge is 0.468 e. The van der Waals surface area contributed by atoms with Gasteiger partial charge in [-0.3, -0.25) is 14.4 Å². The molecule has 1 aliphatic heterocycles. The lowest BCUT2D eigenvalue weighted by Crippen LogP contribution is -2.53. The van der Waals surface area contributed by atoms with E-state index in [1.807, 2.05) is 6.08 Å². The van der Waals surface area contributed by atoms with Crippen LogP contribution in [0.2, 0.25) is 0 Å². The summed E-state index contributed by atoms with van der Waals surface area (Å²) in [6.45, 7) is 2.56. The minimum absolute atomic E-state index is 0.0849. The molecule has 1 heterocycles. The van der Waals surface area contributed by atoms with E-state index in [4.69, 9.17) is 4.74 Å². The van der Waals surface area contributed by atoms with Gasteiger partial charge in [-0.15, -0.1) is 0 Å². The Morgan fingerprint density at radius 1 is 1.13 bits per heavy atom. The first kappa shape index (κ1) is 30.7. The van der Waals surface area contributed by atoms with Crippen LogP contribution in [-0.4, -0.2) is 36.3 Å². The third-order valence-corrected chi connectivity index (χ3v) is 7.87. The Balaban J connectivity index is 1.75. The Morgan fingerprint density at radius 3 is 2.59 bits per heavy atom. The molecular weight excluding hydrogens is 509 g/mol. The maximum absolute atomic E-state index is 13.7. The number of methoxy groups -OCH3 is 1. The number of esters is 1. The number of nitrogens with one attached hydrogen (secondary N) is 1. The summed E-state index contributed by atoms with van der Waals surface area (Å²) in [7, 11) is 1.35. The fourth-order valence-electron chi connectivity index (χ4n) is 5.84. The Morgan fingerprint density at radius 2 is 1.87 bits per heavy atom. The third-order valence-electron chi connectivity index (χ3n) is 7.87. The summed E-state index contributed by atoms with van der Waals surface area (Å²) in [5.74, 6) is -1.72. The Bertz CT molecular complexity index is 1040. The molecule has 2 aliphatic rings. The number of benzene rings is 1. The SMILES string of the molecule is CCCCCCCCN1C(=O)[C@H](CC(=O)NCc2cccc(C(F)(F)F)c2)C[C@@]2(C(=O)OC)CCCCC=C12. The summed E-state index contributed by atoms with van der Waals surface area (Å²) in [5.41, 5.74) is -0.730. The quantitative estimate of drug-likeness (QED) is 0.237. The lowest BCUT2D eigenvalue weighted by atomic mass is 9.69. The zero-order valence-electron chi connectivity index (χ0n) is 23.1. The van der Waals surface area contributed by atoms with E-state index in [9.17, 15) is 27.6 Å². The van der Waals surface area contributed by atoms with Gasteiger partial charge in [0.1, 0.15) is 5.41 Å². The number of nitrogens with zero attached hydrogens (tertiary/aromatic N) is 1. The lowest BCUT2D eigenvalue weighted by Gasteiger charge is -2.46. The lowest BCUT2D eigenvalue weighted by molar-refractivity contribution is -0.159. The highest BCUT2D eigenvalue weighted by Crippen LogP contribution is 2.49. The van der Waals surface area contributed by atoms with Crippen molar-refractivity contribution in [2.24, 2.45) is 11.3 Å². The summed E-state index contributed by atoms with van der Waals surface area (Å²) < 4.78 is 44.4. The maximum atomic E-state index is 13.7. The predicted molar refractivity (Wildman–Crippen MR) is 142 cm³/mol. The zero-order chi connectivity index (χ0) is 28.5. The molecule has 0 radical (unpaired) electrons. The molecule has 0 aromatic heterocycles. The fraction of sp³-hybridized carbons (Fsp3) is 0.633. The molecule has 3 rings (SSSR count). The number of unbranched alkanes of at least 4 members (excludes halogenated alkanes) is 5. The number of carbonyl (C=O) groups excluding carboxylic acids is 3. The number of fused-ring (bicyclic) bond motifs is 1. The molecule has 0 bridgehead atoms. The topological polar surface area (TPSA) is 75.7 Å². The highest BCUT2D eigenvalue weighted by atomic mass is 19.4. The van der Waals surface area contributed by atoms with Crippen LogP contribution < -0.4 is 5.32 Å². The van der Waals surface area contributed by atoms with E-state index in [2.05, 4.69) is 12.2 Å². The second-order valence-corrected chi connectivity index (χ2v) is 10.7. The molecule has 1 saturated heterocycles. The minimum atomic E-state index is -4.47. The first-order valence-corrected chi connectivity index (χ1v) is 14.2. The number of hydrogen-bond acceptors (Lipinski definition) is 4. The van der Waals surface area contributed by atoms with Crippen LogP contribution >= 0.6 is 0 Å². The molecule has 216 valence electrons. The van der Waals surface area contributed by atoms with Gasteiger partial charge >= 0.3 is 12.1 Å². The molecule has 1 fully saturated rings. The number of amides is 2. The maximum Gasteiger partial charge on any atom is 0.416 e. The molecule has 39 heavy (non-hydrogen) atoms. The van der Waals surface area contributed by atoms with Crippen LogP contribution in [0.15, 0.2) is 36.0 Å². The smallest absolute Gasteiger partial charge is 0.416 e. The van der Waals surface area contributed by atoms with Gasteiger partial charge in [-0.05, 0) is 49.8 Å². The van der Waals surface area contributed by atoms with Crippen molar-refractivity contribution < 1.29 is 32.3 Å². The van der Waals surface area contributed by atoms with Crippen LogP contribution in [0, 0.1) is 11.3 Å². The van der Waals surface area contributed by atoms with Gasteiger partial charge in [0.15, 0.2) is 0 Å². The molecule has 0 saturated carbocycles. The zero-order valence-corrected chi connectivity index (χ0v) is 23.1. The molecule has 1 aliphatic carbocycles. The number of rotatable bonds is 12. The van der Waals surface area contributed by atoms with E-state index >= 15 is 0 Å². The van der Waals surface area contributed by atoms with Crippen LogP contribution in [0.4, 0.5) is 13.2 Å². The Hall–Kier alpha value is -2.84. The minimum Gasteiger partial charge on any atom is -0.468 e. The third kappa shape index (κ3) is 7.85. The molecular formula is C30H41F3N2O4. The molecule has 2 atom stereocenters. The van der Waals surface area contributed by atoms with Gasteiger partial charge in [0.25, 0.3) is 0 Å². The number of carbonyl (C=O) groups is 3. The second kappa shape index (κ2) is 14.0. The second-order valence-electron chi connectivity index (χ2n) is 10.7. The van der Waals surface area contributed by atoms with E-state index in [0.717, 1.165) is 63.5 Å². The van der Waals surface area contributed by atoms with Crippen molar-refractivity contribution in [3.05, 3.63) is 47.2 Å². The van der Waals surface area contributed by atoms with E-state index in [1.54, 1.807) is 4.90 Å². The first-order valence-electron chi connectivity index (χ1n) is 14.2. The van der Waals surface area contributed by atoms with Crippen molar-refractivity contribution in [2.45, 2.75) is 96.7 Å². The van der Waals surface area contributed by atoms with Crippen molar-refractivity contribution in [1.29, 1.82) is 0 Å². The number of likely N-dealkylation sites (tertiary alicyclic amines) is 1. The van der Waals surface area contributed by atoms with Crippen molar-refractivity contribution in [3.8, 4) is 0 Å². The average molecular weight is 551 g/mol. The molecule has 0 spiro atoms. The highest BCUT2D eigenvalue weighted by molar-refractivity contribution is 5.92. The fourth-order valence-corrected chi connectivity index (χ4v) is 5.84. The van der Waals surface area contributed by atoms with Crippen molar-refractivity contribution in [2.75, 3.05) is 13.7 Å². The molecule has 1 aromatic rings. The average Bonchev–Trinajstić information content (AvgIpc) is 3.13. The number of halogens is 3. The summed E-state index contributed by atoms with van der Waals surface area (Å²) in [4.78, 5) is 41.6. The Kier molecular flexibility index (Phi) is 11.0. The summed E-state index contributed by atoms with van der Waals surface area (Å²) >= 11 is 0. The van der Waals surface area contributed by atoms with Gasteiger partial charge in [0.05, 0.1) is 12.7 Å². The summed E-state index contributed by atoms with van der Waals surface area (Å²) in [6, 6.07) is 4.80. The molecule has 1 aromatic carbocycles. The van der Waals surface area contributed by atoms with Crippen molar-refractivity contribution in [1.82, 2.24) is 10.2 Å². The van der Waals surface area contributed by atoms with Crippen molar-refractivity contribution >= 4 is 17.8 Å². The summed E-state index contributed by atoms with van der Waals surface area (Å²) in [6.07, 6.45) is 6.95. The number of allylic oxidation sites excluding steroid dienone is 1. The van der Waals surface area contributed by atoms with Gasteiger partial charge in [0, 0.05) is 31.1 Å². The number of alkyl halides is 3. The van der Waals surface area contributed by atoms with Crippen LogP contribution in [-0.2, 0) is 31.8 Å². The van der Waals surface area contributed by atoms with Crippen LogP contribution in [0.1, 0.15) is 95.1 Å². The highest BCUT2D eigenvalue weighted by Gasteiger charge is 2.53. The van der Waals surface area contributed by atoms with Crippen LogP contribution in [0.25, 0.3) is 0 Å². The van der Waals surface area contributed by atoms with Gasteiger partial charge in [-0.1, -0.05) is 63.7 Å². The molecule has 6 nitrogen and oxygen atoms in total. The van der Waals surface area contributed by atoms with Crippen molar-refractivity contribution in [3.63, 3.8) is 0 Å². The molecule has 9 heteroatoms. The predicted octanol–water partition coefficient (Wildman–Crippen LogP) is 6.54. The van der Waals surface area contributed by atoms with Crippen LogP contribution in [0.5, 0.6) is 0 Å². The summed E-state index contributed by atoms with van der Waals surface area (Å²) in [5, 5.41) is 2.66. The van der Waals surface area contributed by atoms with Gasteiger partial charge in [0.2, 0.25) is 11.8 Å². The van der Waals surface area contributed by atoms with Gasteiger partial charge in [-0.25, -0.2) is 0 Å². The first-order chi connectivity index (χ1) is 18.6. The molecule has 2 amide bonds. The number of ether oxygens (including phenoxy) is 1. The van der Waals surface area contributed by atoms with Gasteiger partial charge in [-0.2, -0.15) is 13.2 Å². The number of hydrogen-bond donors (Lipinski definition) is 1. The van der Waals surface area contributed by atoms with E-state index in [1.165, 1.54) is 25.7 Å². The molecule has 1 N–H and O–H groups in total. The van der Waals surface area contributed by atoms with E-state index in [0.29, 0.717) is 24.2 Å². The van der Waals surface area contributed by atoms with Gasteiger partial charge < -0.3 is 15.0 Å². The van der Waals surface area contributed by atoms with Crippen LogP contribution in [0.3, 0.4) is 0 Å². The molecule has 0 unspecified atom stereocenters. The number of piperidine rings is 1. The standard InChI is InChI=1S/C30H41F3N2O4/c1-3-4-5-6-7-11-17-35-25-15-9-8-10-16-29(25,28(38)39-2)20-23(27(35)37)19-26(36)34-21-22-13-12-14-24(18-22)30(31,32)33/h12-15,18,23H,3-11,16-17,19-21H2,1-2H3,(H,34,36)/t23-,29+/m1/s1. The Labute approximate surface area is 229 Å². The van der Waals surface area contributed by atoms with E-state index in [-0.39, 0.29) is 31.3 Å². The normalized spacial score (nSPS) is 21.6. The monoisotopic (exact) mass is 550 g/mol. The van der Waals surface area contributed by atoms with E-state index < -0.39 is 29.0 Å².